The maximum atomic E-state index is 13.2. The fourth-order valence-corrected chi connectivity index (χ4v) is 2.18. The van der Waals surface area contributed by atoms with Crippen LogP contribution in [0.15, 0.2) is 24.4 Å². The van der Waals surface area contributed by atoms with Crippen LogP contribution in [0.4, 0.5) is 32.0 Å². The highest BCUT2D eigenvalue weighted by Gasteiger charge is 2.39. The number of alkyl halides is 6. The SMILES string of the molecule is Cc1nn(C(C)c2ccc(C(F)(F)F)cc2C(F)(F)F)cc1N.Cl. The Labute approximate surface area is 139 Å². The Bertz CT molecular complexity index is 701. The summed E-state index contributed by atoms with van der Waals surface area (Å²) in [6.45, 7) is 2.99. The maximum absolute atomic E-state index is 13.2. The first-order valence-corrected chi connectivity index (χ1v) is 6.51. The fraction of sp³-hybridized carbons (Fsp3) is 0.357. The van der Waals surface area contributed by atoms with Crippen LogP contribution in [0.5, 0.6) is 0 Å². The third-order valence-corrected chi connectivity index (χ3v) is 3.49. The van der Waals surface area contributed by atoms with E-state index in [0.29, 0.717) is 11.8 Å². The van der Waals surface area contributed by atoms with Gasteiger partial charge in [-0.05, 0) is 31.5 Å². The van der Waals surface area contributed by atoms with Crippen LogP contribution in [0, 0.1) is 6.92 Å². The molecule has 0 spiro atoms. The fourth-order valence-electron chi connectivity index (χ4n) is 2.18. The molecule has 0 amide bonds. The van der Waals surface area contributed by atoms with Gasteiger partial charge in [-0.2, -0.15) is 31.4 Å². The lowest BCUT2D eigenvalue weighted by Gasteiger charge is -2.20. The molecule has 10 heteroatoms. The number of aryl methyl sites for hydroxylation is 1. The molecule has 134 valence electrons. The molecule has 1 heterocycles. The van der Waals surface area contributed by atoms with Gasteiger partial charge in [-0.1, -0.05) is 6.07 Å². The molecular weight excluding hydrogens is 360 g/mol. The molecule has 1 unspecified atom stereocenters. The molecule has 0 aliphatic carbocycles. The number of aromatic nitrogens is 2. The Morgan fingerprint density at radius 3 is 2.08 bits per heavy atom. The van der Waals surface area contributed by atoms with Crippen molar-refractivity contribution in [3.8, 4) is 0 Å². The van der Waals surface area contributed by atoms with Gasteiger partial charge in [0.1, 0.15) is 0 Å². The first-order chi connectivity index (χ1) is 10.4. The minimum atomic E-state index is -4.92. The Balaban J connectivity index is 0.00000288. The molecule has 24 heavy (non-hydrogen) atoms. The number of rotatable bonds is 2. The highest BCUT2D eigenvalue weighted by Crippen LogP contribution is 2.39. The lowest BCUT2D eigenvalue weighted by Crippen LogP contribution is -2.17. The number of nitrogens with two attached hydrogens (primary N) is 1. The van der Waals surface area contributed by atoms with E-state index in [1.54, 1.807) is 6.92 Å². The quantitative estimate of drug-likeness (QED) is 0.765. The summed E-state index contributed by atoms with van der Waals surface area (Å²) in [5.41, 5.74) is 3.32. The normalized spacial score (nSPS) is 13.5. The minimum absolute atomic E-state index is 0. The van der Waals surface area contributed by atoms with Crippen molar-refractivity contribution in [2.75, 3.05) is 5.73 Å². The van der Waals surface area contributed by atoms with Gasteiger partial charge in [-0.3, -0.25) is 4.68 Å². The summed E-state index contributed by atoms with van der Waals surface area (Å²) in [5.74, 6) is 0. The molecule has 1 aromatic heterocycles. The van der Waals surface area contributed by atoms with E-state index in [1.807, 2.05) is 0 Å². The molecule has 0 aliphatic heterocycles. The van der Waals surface area contributed by atoms with Gasteiger partial charge in [-0.25, -0.2) is 0 Å². The standard InChI is InChI=1S/C14H13F6N3.ClH/c1-7-12(21)6-23(22-7)8(2)10-4-3-9(13(15,16)17)5-11(10)14(18,19)20;/h3-6,8H,21H2,1-2H3;1H. The highest BCUT2D eigenvalue weighted by molar-refractivity contribution is 5.85. The van der Waals surface area contributed by atoms with Crippen molar-refractivity contribution in [3.05, 3.63) is 46.8 Å². The average molecular weight is 374 g/mol. The zero-order chi connectivity index (χ0) is 17.6. The smallest absolute Gasteiger partial charge is 0.396 e. The summed E-state index contributed by atoms with van der Waals surface area (Å²) in [6.07, 6.45) is -8.43. The van der Waals surface area contributed by atoms with Crippen molar-refractivity contribution >= 4 is 18.1 Å². The van der Waals surface area contributed by atoms with Gasteiger partial charge < -0.3 is 5.73 Å². The van der Waals surface area contributed by atoms with Gasteiger partial charge in [0.2, 0.25) is 0 Å². The van der Waals surface area contributed by atoms with Gasteiger partial charge in [0.25, 0.3) is 0 Å². The number of benzene rings is 1. The second-order valence-electron chi connectivity index (χ2n) is 5.12. The zero-order valence-corrected chi connectivity index (χ0v) is 13.4. The van der Waals surface area contributed by atoms with Crippen LogP contribution >= 0.6 is 12.4 Å². The third kappa shape index (κ3) is 3.95. The van der Waals surface area contributed by atoms with Crippen molar-refractivity contribution in [2.45, 2.75) is 32.2 Å². The van der Waals surface area contributed by atoms with E-state index in [9.17, 15) is 26.3 Å². The molecule has 0 radical (unpaired) electrons. The molecule has 0 fully saturated rings. The van der Waals surface area contributed by atoms with Gasteiger partial charge in [0.05, 0.1) is 28.6 Å². The number of hydrogen-bond donors (Lipinski definition) is 1. The molecule has 2 aromatic rings. The second kappa shape index (κ2) is 6.54. The van der Waals surface area contributed by atoms with Gasteiger partial charge in [0.15, 0.2) is 0 Å². The predicted octanol–water partition coefficient (Wildman–Crippen LogP) is 4.84. The number of halogens is 7. The van der Waals surface area contributed by atoms with Crippen LogP contribution in [0.2, 0.25) is 0 Å². The first-order valence-electron chi connectivity index (χ1n) is 6.51. The van der Waals surface area contributed by atoms with Crippen LogP contribution in [0.25, 0.3) is 0 Å². The Kier molecular flexibility index (Phi) is 5.49. The Morgan fingerprint density at radius 2 is 1.67 bits per heavy atom. The van der Waals surface area contributed by atoms with Crippen LogP contribution in [-0.2, 0) is 12.4 Å². The molecule has 3 nitrogen and oxygen atoms in total. The van der Waals surface area contributed by atoms with Crippen molar-refractivity contribution < 1.29 is 26.3 Å². The monoisotopic (exact) mass is 373 g/mol. The lowest BCUT2D eigenvalue weighted by molar-refractivity contribution is -0.143. The van der Waals surface area contributed by atoms with E-state index in [-0.39, 0.29) is 29.7 Å². The number of hydrogen-bond acceptors (Lipinski definition) is 2. The molecule has 1 atom stereocenters. The summed E-state index contributed by atoms with van der Waals surface area (Å²) in [6, 6.07) is 0.639. The largest absolute Gasteiger partial charge is 0.416 e. The molecule has 1 aromatic carbocycles. The van der Waals surface area contributed by atoms with E-state index >= 15 is 0 Å². The molecule has 0 bridgehead atoms. The molecule has 2 rings (SSSR count). The van der Waals surface area contributed by atoms with Gasteiger partial charge in [0, 0.05) is 6.20 Å². The van der Waals surface area contributed by atoms with Crippen LogP contribution < -0.4 is 5.73 Å². The molecule has 0 saturated heterocycles. The van der Waals surface area contributed by atoms with Crippen molar-refractivity contribution in [1.29, 1.82) is 0 Å². The molecule has 0 aliphatic rings. The maximum Gasteiger partial charge on any atom is 0.416 e. The van der Waals surface area contributed by atoms with Crippen molar-refractivity contribution in [1.82, 2.24) is 9.78 Å². The number of nitrogens with zero attached hydrogens (tertiary/aromatic N) is 2. The summed E-state index contributed by atoms with van der Waals surface area (Å²) < 4.78 is 78.7. The summed E-state index contributed by atoms with van der Waals surface area (Å²) in [7, 11) is 0. The molecule has 2 N–H and O–H groups in total. The topological polar surface area (TPSA) is 43.8 Å². The zero-order valence-electron chi connectivity index (χ0n) is 12.5. The Morgan fingerprint density at radius 1 is 1.08 bits per heavy atom. The molecular formula is C14H14ClF6N3. The third-order valence-electron chi connectivity index (χ3n) is 3.49. The van der Waals surface area contributed by atoms with E-state index in [1.165, 1.54) is 17.8 Å². The van der Waals surface area contributed by atoms with Gasteiger partial charge >= 0.3 is 12.4 Å². The summed E-state index contributed by atoms with van der Waals surface area (Å²) in [4.78, 5) is 0. The second-order valence-corrected chi connectivity index (χ2v) is 5.12. The highest BCUT2D eigenvalue weighted by atomic mass is 35.5. The minimum Gasteiger partial charge on any atom is -0.396 e. The average Bonchev–Trinajstić information content (AvgIpc) is 2.75. The molecule has 0 saturated carbocycles. The van der Waals surface area contributed by atoms with E-state index in [0.717, 1.165) is 6.07 Å². The van der Waals surface area contributed by atoms with Crippen LogP contribution in [-0.4, -0.2) is 9.78 Å². The van der Waals surface area contributed by atoms with Crippen molar-refractivity contribution in [3.63, 3.8) is 0 Å². The first kappa shape index (κ1) is 20.1. The van der Waals surface area contributed by atoms with E-state index in [2.05, 4.69) is 5.10 Å². The van der Waals surface area contributed by atoms with E-state index in [4.69, 9.17) is 5.73 Å². The lowest BCUT2D eigenvalue weighted by atomic mass is 9.98. The summed E-state index contributed by atoms with van der Waals surface area (Å²) in [5, 5.41) is 3.98. The summed E-state index contributed by atoms with van der Waals surface area (Å²) >= 11 is 0. The van der Waals surface area contributed by atoms with Crippen molar-refractivity contribution in [2.24, 2.45) is 0 Å². The number of nitrogen functional groups attached to an aromatic ring is 1. The van der Waals surface area contributed by atoms with Gasteiger partial charge in [-0.15, -0.1) is 12.4 Å². The number of anilines is 1. The Hall–Kier alpha value is -1.90. The van der Waals surface area contributed by atoms with E-state index < -0.39 is 29.5 Å². The van der Waals surface area contributed by atoms with Crippen LogP contribution in [0.3, 0.4) is 0 Å². The van der Waals surface area contributed by atoms with Crippen LogP contribution in [0.1, 0.15) is 35.3 Å². The predicted molar refractivity (Wildman–Crippen MR) is 78.9 cm³/mol.